The van der Waals surface area contributed by atoms with Crippen molar-refractivity contribution in [1.29, 1.82) is 10.7 Å². The van der Waals surface area contributed by atoms with Gasteiger partial charge in [-0.15, -0.1) is 0 Å². The molecule has 0 saturated carbocycles. The first-order chi connectivity index (χ1) is 24.3. The average molecular weight is 702 g/mol. The third kappa shape index (κ3) is 9.94. The van der Waals surface area contributed by atoms with E-state index in [-0.39, 0.29) is 11.7 Å². The SMILES string of the molecule is CCC(C)n1ncn(-c2ccc(N3CCN(c4ccc(OC)cc4)CC3)cc2)c1=O.CN/N=C\C=N.N#Cc1ccc(Cl)c(C2OCCO2)c1. The number of hydrazone groups is 1. The summed E-state index contributed by atoms with van der Waals surface area (Å²) in [5.74, 6) is 0.881. The number of aromatic nitrogens is 3. The molecule has 0 bridgehead atoms. The number of hydrogen-bond donors (Lipinski definition) is 2. The molecule has 3 aromatic carbocycles. The van der Waals surface area contributed by atoms with Gasteiger partial charge in [-0.25, -0.2) is 14.0 Å². The highest BCUT2D eigenvalue weighted by atomic mass is 35.5. The molecule has 2 aliphatic rings. The molecule has 2 fully saturated rings. The van der Waals surface area contributed by atoms with Gasteiger partial charge in [0, 0.05) is 61.4 Å². The lowest BCUT2D eigenvalue weighted by Crippen LogP contribution is -2.46. The van der Waals surface area contributed by atoms with Gasteiger partial charge in [0.05, 0.1) is 49.9 Å². The minimum atomic E-state index is -0.421. The normalized spacial score (nSPS) is 15.0. The smallest absolute Gasteiger partial charge is 0.350 e. The summed E-state index contributed by atoms with van der Waals surface area (Å²) in [4.78, 5) is 17.4. The Bertz CT molecular complexity index is 1770. The van der Waals surface area contributed by atoms with Gasteiger partial charge in [-0.05, 0) is 80.1 Å². The Labute approximate surface area is 297 Å². The minimum absolute atomic E-state index is 0.0924. The van der Waals surface area contributed by atoms with E-state index in [0.717, 1.165) is 55.8 Å². The predicted molar refractivity (Wildman–Crippen MR) is 197 cm³/mol. The van der Waals surface area contributed by atoms with Crippen molar-refractivity contribution in [2.24, 2.45) is 5.10 Å². The van der Waals surface area contributed by atoms with Gasteiger partial charge in [0.25, 0.3) is 0 Å². The Morgan fingerprint density at radius 2 is 1.62 bits per heavy atom. The van der Waals surface area contributed by atoms with E-state index in [1.165, 1.54) is 17.6 Å². The second kappa shape index (κ2) is 19.1. The molecule has 6 rings (SSSR count). The Hall–Kier alpha value is -5.16. The largest absolute Gasteiger partial charge is 0.497 e. The highest BCUT2D eigenvalue weighted by molar-refractivity contribution is 6.31. The van der Waals surface area contributed by atoms with Crippen molar-refractivity contribution in [3.63, 3.8) is 0 Å². The van der Waals surface area contributed by atoms with Crippen molar-refractivity contribution in [3.8, 4) is 17.5 Å². The summed E-state index contributed by atoms with van der Waals surface area (Å²) in [5.41, 5.74) is 6.92. The quantitative estimate of drug-likeness (QED) is 0.172. The number of anilines is 2. The lowest BCUT2D eigenvalue weighted by molar-refractivity contribution is -0.0440. The standard InChI is InChI=1S/C23H29N5O2.C10H8ClNO2.C3H7N3/c1-4-18(2)28-23(29)27(17-24-28)21-7-5-19(6-8-21)25-13-15-26(16-14-25)20-9-11-22(30-3)12-10-20;11-9-2-1-7(6-12)5-8(9)10-13-3-4-14-10;1-5-6-3-2-4/h5-12,17-18H,4,13-16H2,1-3H3;1-2,5,10H,3-4H2;2-5H,1H3/b;;4-2?,6-3-. The first kappa shape index (κ1) is 37.7. The molecule has 4 aromatic rings. The molecule has 14 heteroatoms. The van der Waals surface area contributed by atoms with Crippen LogP contribution >= 0.6 is 11.6 Å². The van der Waals surface area contributed by atoms with Gasteiger partial charge in [0.2, 0.25) is 0 Å². The molecule has 1 aromatic heterocycles. The Morgan fingerprint density at radius 3 is 2.12 bits per heavy atom. The number of piperazine rings is 1. The summed E-state index contributed by atoms with van der Waals surface area (Å²) in [5, 5.41) is 23.4. The van der Waals surface area contributed by atoms with Crippen molar-refractivity contribution in [2.45, 2.75) is 32.6 Å². The molecule has 1 atom stereocenters. The minimum Gasteiger partial charge on any atom is -0.497 e. The fourth-order valence-electron chi connectivity index (χ4n) is 5.25. The topological polar surface area (TPSA) is 146 Å². The summed E-state index contributed by atoms with van der Waals surface area (Å²) < 4.78 is 19.0. The number of nitrogens with one attached hydrogen (secondary N) is 2. The third-order valence-electron chi connectivity index (χ3n) is 8.19. The van der Waals surface area contributed by atoms with Crippen LogP contribution < -0.4 is 25.7 Å². The zero-order valence-electron chi connectivity index (χ0n) is 28.8. The first-order valence-electron chi connectivity index (χ1n) is 16.4. The van der Waals surface area contributed by atoms with Crippen LogP contribution in [0.5, 0.6) is 5.75 Å². The van der Waals surface area contributed by atoms with Gasteiger partial charge in [-0.2, -0.15) is 15.5 Å². The maximum Gasteiger partial charge on any atom is 0.350 e. The van der Waals surface area contributed by atoms with Crippen molar-refractivity contribution in [3.05, 3.63) is 99.7 Å². The molecule has 2 saturated heterocycles. The molecule has 50 heavy (non-hydrogen) atoms. The second-order valence-electron chi connectivity index (χ2n) is 11.3. The van der Waals surface area contributed by atoms with Crippen molar-refractivity contribution >= 4 is 35.4 Å². The molecule has 0 amide bonds. The van der Waals surface area contributed by atoms with Crippen molar-refractivity contribution in [1.82, 2.24) is 19.8 Å². The van der Waals surface area contributed by atoms with Crippen molar-refractivity contribution in [2.75, 3.05) is 63.4 Å². The summed E-state index contributed by atoms with van der Waals surface area (Å²) in [6.45, 7) is 9.04. The monoisotopic (exact) mass is 701 g/mol. The molecule has 2 N–H and O–H groups in total. The second-order valence-corrected chi connectivity index (χ2v) is 11.7. The van der Waals surface area contributed by atoms with Crippen LogP contribution in [-0.2, 0) is 9.47 Å². The molecule has 0 aliphatic carbocycles. The predicted octanol–water partition coefficient (Wildman–Crippen LogP) is 5.44. The average Bonchev–Trinajstić information content (AvgIpc) is 3.85. The number of benzene rings is 3. The van der Waals surface area contributed by atoms with Crippen LogP contribution in [0.25, 0.3) is 5.69 Å². The molecule has 2 aliphatic heterocycles. The Balaban J connectivity index is 0.000000231. The molecular weight excluding hydrogens is 658 g/mol. The van der Waals surface area contributed by atoms with E-state index in [0.29, 0.717) is 23.8 Å². The van der Waals surface area contributed by atoms with Gasteiger partial charge in [-0.1, -0.05) is 18.5 Å². The number of ether oxygens (including phenoxy) is 3. The van der Waals surface area contributed by atoms with Crippen LogP contribution in [0.4, 0.5) is 11.4 Å². The van der Waals surface area contributed by atoms with E-state index in [1.54, 1.807) is 47.9 Å². The maximum atomic E-state index is 12.6. The van der Waals surface area contributed by atoms with Crippen LogP contribution in [-0.4, -0.2) is 80.3 Å². The van der Waals surface area contributed by atoms with E-state index in [1.807, 2.05) is 37.3 Å². The maximum absolute atomic E-state index is 12.6. The van der Waals surface area contributed by atoms with Gasteiger partial charge in [-0.3, -0.25) is 0 Å². The molecule has 0 radical (unpaired) electrons. The highest BCUT2D eigenvalue weighted by Crippen LogP contribution is 2.30. The number of methoxy groups -OCH3 is 1. The van der Waals surface area contributed by atoms with E-state index < -0.39 is 6.29 Å². The zero-order chi connectivity index (χ0) is 35.9. The van der Waals surface area contributed by atoms with Gasteiger partial charge < -0.3 is 34.8 Å². The molecule has 1 unspecified atom stereocenters. The fourth-order valence-corrected chi connectivity index (χ4v) is 5.46. The molecule has 264 valence electrons. The molecule has 13 nitrogen and oxygen atoms in total. The van der Waals surface area contributed by atoms with Crippen LogP contribution in [0.2, 0.25) is 5.02 Å². The van der Waals surface area contributed by atoms with E-state index in [9.17, 15) is 4.79 Å². The number of rotatable bonds is 9. The fraction of sp³-hybridized carbons (Fsp3) is 0.361. The molecular formula is C36H44ClN9O4. The van der Waals surface area contributed by atoms with Crippen LogP contribution in [0.3, 0.4) is 0 Å². The zero-order valence-corrected chi connectivity index (χ0v) is 29.6. The first-order valence-corrected chi connectivity index (χ1v) is 16.7. The van der Waals surface area contributed by atoms with E-state index in [2.05, 4.69) is 56.6 Å². The van der Waals surface area contributed by atoms with Gasteiger partial charge in [0.1, 0.15) is 12.1 Å². The van der Waals surface area contributed by atoms with Crippen LogP contribution in [0.1, 0.15) is 43.7 Å². The lowest BCUT2D eigenvalue weighted by Gasteiger charge is -2.37. The summed E-state index contributed by atoms with van der Waals surface area (Å²) in [6.07, 6.45) is 4.53. The number of hydrogen-bond acceptors (Lipinski definition) is 11. The van der Waals surface area contributed by atoms with E-state index in [4.69, 9.17) is 36.5 Å². The number of halogens is 1. The van der Waals surface area contributed by atoms with Gasteiger partial charge >= 0.3 is 5.69 Å². The summed E-state index contributed by atoms with van der Waals surface area (Å²) >= 11 is 5.96. The van der Waals surface area contributed by atoms with Crippen molar-refractivity contribution < 1.29 is 14.2 Å². The Kier molecular flexibility index (Phi) is 14.4. The van der Waals surface area contributed by atoms with Gasteiger partial charge in [0.15, 0.2) is 6.29 Å². The third-order valence-corrected chi connectivity index (χ3v) is 8.54. The van der Waals surface area contributed by atoms with Crippen LogP contribution in [0.15, 0.2) is 83.0 Å². The van der Waals surface area contributed by atoms with E-state index >= 15 is 0 Å². The molecule has 0 spiro atoms. The lowest BCUT2D eigenvalue weighted by atomic mass is 10.1. The summed E-state index contributed by atoms with van der Waals surface area (Å²) in [6, 6.07) is 23.6. The molecule has 3 heterocycles. The van der Waals surface area contributed by atoms with Crippen LogP contribution in [0, 0.1) is 16.7 Å². The summed E-state index contributed by atoms with van der Waals surface area (Å²) in [7, 11) is 3.37. The number of nitriles is 1. The highest BCUT2D eigenvalue weighted by Gasteiger charge is 2.21. The Morgan fingerprint density at radius 1 is 1.04 bits per heavy atom. The number of nitrogens with zero attached hydrogens (tertiary/aromatic N) is 7.